The van der Waals surface area contributed by atoms with Crippen LogP contribution in [0.4, 0.5) is 0 Å². The lowest BCUT2D eigenvalue weighted by atomic mass is 10.0. The summed E-state index contributed by atoms with van der Waals surface area (Å²) in [6.45, 7) is 6.40. The summed E-state index contributed by atoms with van der Waals surface area (Å²) in [5.41, 5.74) is 5.27. The van der Waals surface area contributed by atoms with Crippen LogP contribution in [0.15, 0.2) is 24.3 Å². The van der Waals surface area contributed by atoms with Crippen LogP contribution in [-0.4, -0.2) is 5.88 Å². The van der Waals surface area contributed by atoms with E-state index in [0.717, 1.165) is 6.42 Å². The number of rotatable bonds is 3. The lowest BCUT2D eigenvalue weighted by molar-refractivity contribution is 1.23. The molecule has 76 valence electrons. The normalized spacial score (nSPS) is 11.9. The minimum atomic E-state index is 0.697. The summed E-state index contributed by atoms with van der Waals surface area (Å²) in [7, 11) is 0. The first-order valence-corrected chi connectivity index (χ1v) is 5.48. The lowest BCUT2D eigenvalue weighted by Gasteiger charge is -2.05. The Bertz CT molecular complexity index is 317. The van der Waals surface area contributed by atoms with Gasteiger partial charge < -0.3 is 0 Å². The fraction of sp³-hybridized carbons (Fsp3) is 0.385. The molecule has 0 nitrogen and oxygen atoms in total. The maximum Gasteiger partial charge on any atom is 0.0258 e. The van der Waals surface area contributed by atoms with Crippen molar-refractivity contribution in [1.82, 2.24) is 0 Å². The first kappa shape index (κ1) is 11.3. The topological polar surface area (TPSA) is 0 Å². The molecule has 0 bridgehead atoms. The van der Waals surface area contributed by atoms with E-state index in [-0.39, 0.29) is 0 Å². The van der Waals surface area contributed by atoms with Crippen molar-refractivity contribution in [3.05, 3.63) is 41.0 Å². The van der Waals surface area contributed by atoms with Crippen molar-refractivity contribution in [2.24, 2.45) is 0 Å². The van der Waals surface area contributed by atoms with Crippen LogP contribution in [0.1, 0.15) is 30.0 Å². The van der Waals surface area contributed by atoms with Crippen molar-refractivity contribution in [2.45, 2.75) is 27.2 Å². The zero-order chi connectivity index (χ0) is 10.6. The quantitative estimate of drug-likeness (QED) is 0.649. The Labute approximate surface area is 91.6 Å². The van der Waals surface area contributed by atoms with Gasteiger partial charge in [-0.25, -0.2) is 0 Å². The molecule has 0 spiro atoms. The fourth-order valence-electron chi connectivity index (χ4n) is 1.59. The van der Waals surface area contributed by atoms with E-state index in [2.05, 4.69) is 45.0 Å². The second-order valence-corrected chi connectivity index (χ2v) is 4.12. The zero-order valence-electron chi connectivity index (χ0n) is 9.10. The highest BCUT2D eigenvalue weighted by molar-refractivity contribution is 6.17. The summed E-state index contributed by atoms with van der Waals surface area (Å²) in [5.74, 6) is 0.697. The van der Waals surface area contributed by atoms with Crippen molar-refractivity contribution in [2.75, 3.05) is 5.88 Å². The molecule has 0 aliphatic rings. The summed E-state index contributed by atoms with van der Waals surface area (Å²) in [4.78, 5) is 0. The molecule has 0 atom stereocenters. The molecule has 1 heteroatoms. The van der Waals surface area contributed by atoms with Crippen LogP contribution in [0.5, 0.6) is 0 Å². The van der Waals surface area contributed by atoms with Crippen molar-refractivity contribution >= 4 is 17.2 Å². The third-order valence-electron chi connectivity index (χ3n) is 2.24. The van der Waals surface area contributed by atoms with Gasteiger partial charge in [0.05, 0.1) is 0 Å². The third kappa shape index (κ3) is 3.19. The van der Waals surface area contributed by atoms with Crippen LogP contribution >= 0.6 is 11.6 Å². The van der Waals surface area contributed by atoms with Gasteiger partial charge in [0.15, 0.2) is 0 Å². The molecule has 0 aromatic heterocycles. The minimum absolute atomic E-state index is 0.697. The molecule has 0 aliphatic carbocycles. The minimum Gasteiger partial charge on any atom is -0.126 e. The smallest absolute Gasteiger partial charge is 0.0258 e. The maximum atomic E-state index is 5.65. The second kappa shape index (κ2) is 5.21. The summed E-state index contributed by atoms with van der Waals surface area (Å²) in [5, 5.41) is 0. The third-order valence-corrected chi connectivity index (χ3v) is 2.45. The Morgan fingerprint density at radius 1 is 1.21 bits per heavy atom. The van der Waals surface area contributed by atoms with Crippen molar-refractivity contribution in [3.8, 4) is 0 Å². The van der Waals surface area contributed by atoms with Gasteiger partial charge in [0.1, 0.15) is 0 Å². The Hall–Kier alpha value is -0.750. The fourth-order valence-corrected chi connectivity index (χ4v) is 1.70. The molecule has 14 heavy (non-hydrogen) atoms. The summed E-state index contributed by atoms with van der Waals surface area (Å²) >= 11 is 5.65. The number of halogens is 1. The van der Waals surface area contributed by atoms with E-state index in [1.54, 1.807) is 0 Å². The molecule has 0 radical (unpaired) electrons. The summed E-state index contributed by atoms with van der Waals surface area (Å²) in [6.07, 6.45) is 3.14. The lowest BCUT2D eigenvalue weighted by Crippen LogP contribution is -1.85. The molecule has 0 aliphatic heterocycles. The second-order valence-electron chi connectivity index (χ2n) is 3.74. The van der Waals surface area contributed by atoms with Gasteiger partial charge in [-0.3, -0.25) is 0 Å². The van der Waals surface area contributed by atoms with Gasteiger partial charge in [0.2, 0.25) is 0 Å². The molecule has 0 saturated heterocycles. The van der Waals surface area contributed by atoms with Crippen molar-refractivity contribution < 1.29 is 0 Å². The Balaban J connectivity index is 2.95. The van der Waals surface area contributed by atoms with Gasteiger partial charge in [0.25, 0.3) is 0 Å². The average molecular weight is 209 g/mol. The maximum absolute atomic E-state index is 5.65. The molecule has 0 fully saturated rings. The first-order chi connectivity index (χ1) is 6.63. The number of allylic oxidation sites excluding steroid dienone is 2. The van der Waals surface area contributed by atoms with E-state index in [4.69, 9.17) is 11.6 Å². The predicted octanol–water partition coefficient (Wildman–Crippen LogP) is 4.34. The average Bonchev–Trinajstić information content (AvgIpc) is 2.12. The van der Waals surface area contributed by atoms with E-state index in [0.29, 0.717) is 5.88 Å². The van der Waals surface area contributed by atoms with E-state index in [1.807, 2.05) is 0 Å². The zero-order valence-corrected chi connectivity index (χ0v) is 9.86. The van der Waals surface area contributed by atoms with Crippen LogP contribution in [0.25, 0.3) is 5.57 Å². The van der Waals surface area contributed by atoms with E-state index < -0.39 is 0 Å². The summed E-state index contributed by atoms with van der Waals surface area (Å²) in [6, 6.07) is 6.62. The predicted molar refractivity (Wildman–Crippen MR) is 64.9 cm³/mol. The molecule has 0 unspecified atom stereocenters. The monoisotopic (exact) mass is 208 g/mol. The molecule has 0 saturated carbocycles. The molecule has 1 aromatic carbocycles. The molecule has 1 aromatic rings. The first-order valence-electron chi connectivity index (χ1n) is 4.95. The molecule has 0 N–H and O–H groups in total. The number of hydrogen-bond acceptors (Lipinski definition) is 0. The highest BCUT2D eigenvalue weighted by atomic mass is 35.5. The van der Waals surface area contributed by atoms with Gasteiger partial charge >= 0.3 is 0 Å². The molecule has 1 rings (SSSR count). The SMILES string of the molecule is C/C(=C\CCCl)c1cc(C)cc(C)c1. The summed E-state index contributed by atoms with van der Waals surface area (Å²) < 4.78 is 0. The van der Waals surface area contributed by atoms with Crippen LogP contribution in [0, 0.1) is 13.8 Å². The van der Waals surface area contributed by atoms with Crippen molar-refractivity contribution in [1.29, 1.82) is 0 Å². The van der Waals surface area contributed by atoms with E-state index in [9.17, 15) is 0 Å². The number of hydrogen-bond donors (Lipinski definition) is 0. The van der Waals surface area contributed by atoms with Gasteiger partial charge in [-0.15, -0.1) is 11.6 Å². The van der Waals surface area contributed by atoms with Gasteiger partial charge in [0, 0.05) is 5.88 Å². The molecular formula is C13H17Cl. The number of benzene rings is 1. The molecular weight excluding hydrogens is 192 g/mol. The van der Waals surface area contributed by atoms with Crippen LogP contribution < -0.4 is 0 Å². The highest BCUT2D eigenvalue weighted by Gasteiger charge is 1.97. The number of aryl methyl sites for hydroxylation is 2. The Kier molecular flexibility index (Phi) is 4.21. The van der Waals surface area contributed by atoms with Crippen LogP contribution in [0.3, 0.4) is 0 Å². The highest BCUT2D eigenvalue weighted by Crippen LogP contribution is 2.18. The van der Waals surface area contributed by atoms with Gasteiger partial charge in [-0.05, 0) is 38.3 Å². The van der Waals surface area contributed by atoms with E-state index in [1.165, 1.54) is 22.3 Å². The molecule has 0 heterocycles. The van der Waals surface area contributed by atoms with Gasteiger partial charge in [-0.2, -0.15) is 0 Å². The Morgan fingerprint density at radius 3 is 2.29 bits per heavy atom. The standard InChI is InChI=1S/C13H17Cl/c1-10-7-11(2)9-13(8-10)12(3)5-4-6-14/h5,7-9H,4,6H2,1-3H3/b12-5+. The number of alkyl halides is 1. The van der Waals surface area contributed by atoms with E-state index >= 15 is 0 Å². The van der Waals surface area contributed by atoms with Gasteiger partial charge in [-0.1, -0.05) is 35.4 Å². The molecule has 0 amide bonds. The Morgan fingerprint density at radius 2 is 1.79 bits per heavy atom. The largest absolute Gasteiger partial charge is 0.126 e. The van der Waals surface area contributed by atoms with Crippen LogP contribution in [0.2, 0.25) is 0 Å². The van der Waals surface area contributed by atoms with Crippen LogP contribution in [-0.2, 0) is 0 Å². The van der Waals surface area contributed by atoms with Crippen molar-refractivity contribution in [3.63, 3.8) is 0 Å².